The molecule has 0 aromatic carbocycles. The molecular weight excluding hydrogens is 232 g/mol. The summed E-state index contributed by atoms with van der Waals surface area (Å²) in [6.45, 7) is 3.63. The van der Waals surface area contributed by atoms with E-state index in [1.807, 2.05) is 6.07 Å². The highest BCUT2D eigenvalue weighted by molar-refractivity contribution is 5.42. The Morgan fingerprint density at radius 1 is 1.56 bits per heavy atom. The Bertz CT molecular complexity index is 560. The number of rotatable bonds is 6. The first-order valence-corrected chi connectivity index (χ1v) is 6.13. The molecule has 2 aromatic rings. The quantitative estimate of drug-likeness (QED) is 0.680. The van der Waals surface area contributed by atoms with Gasteiger partial charge in [0.1, 0.15) is 5.82 Å². The summed E-state index contributed by atoms with van der Waals surface area (Å²) in [5.74, 6) is 1.19. The lowest BCUT2D eigenvalue weighted by Crippen LogP contribution is -2.19. The maximum Gasteiger partial charge on any atom is 0.364 e. The lowest BCUT2D eigenvalue weighted by Gasteiger charge is -2.14. The van der Waals surface area contributed by atoms with Crippen LogP contribution in [0.25, 0.3) is 5.65 Å². The van der Waals surface area contributed by atoms with Gasteiger partial charge in [0.25, 0.3) is 0 Å². The fraction of sp³-hybridized carbons (Fsp3) is 0.545. The normalized spacial score (nSPS) is 12.8. The van der Waals surface area contributed by atoms with Gasteiger partial charge in [-0.1, -0.05) is 13.3 Å². The molecule has 0 saturated carbocycles. The smallest absolute Gasteiger partial charge is 0.364 e. The van der Waals surface area contributed by atoms with E-state index in [1.54, 1.807) is 6.07 Å². The van der Waals surface area contributed by atoms with Gasteiger partial charge in [-0.25, -0.2) is 9.89 Å². The van der Waals surface area contributed by atoms with Crippen molar-refractivity contribution in [3.05, 3.63) is 22.6 Å². The van der Waals surface area contributed by atoms with E-state index in [-0.39, 0.29) is 5.69 Å². The average molecular weight is 250 g/mol. The first-order chi connectivity index (χ1) is 8.74. The monoisotopic (exact) mass is 250 g/mol. The van der Waals surface area contributed by atoms with E-state index < -0.39 is 0 Å². The summed E-state index contributed by atoms with van der Waals surface area (Å²) in [6.07, 6.45) is 2.05. The summed E-state index contributed by atoms with van der Waals surface area (Å²) in [7, 11) is 0. The van der Waals surface area contributed by atoms with Crippen LogP contribution in [0.2, 0.25) is 0 Å². The van der Waals surface area contributed by atoms with Crippen molar-refractivity contribution in [3.63, 3.8) is 0 Å². The van der Waals surface area contributed by atoms with Gasteiger partial charge in [0.2, 0.25) is 0 Å². The van der Waals surface area contributed by atoms with Gasteiger partial charge in [0, 0.05) is 6.54 Å². The third-order valence-electron chi connectivity index (χ3n) is 3.00. The molecule has 2 heterocycles. The second kappa shape index (κ2) is 5.63. The number of nitrogens with one attached hydrogen (secondary N) is 2. The molecule has 1 unspecified atom stereocenters. The molecule has 1 atom stereocenters. The zero-order valence-electron chi connectivity index (χ0n) is 10.4. The Morgan fingerprint density at radius 3 is 3.11 bits per heavy atom. The van der Waals surface area contributed by atoms with Crippen molar-refractivity contribution in [3.8, 4) is 0 Å². The van der Waals surface area contributed by atoms with Gasteiger partial charge in [-0.15, -0.1) is 5.10 Å². The van der Waals surface area contributed by atoms with E-state index in [2.05, 4.69) is 27.5 Å². The largest absolute Gasteiger partial charge is 0.368 e. The van der Waals surface area contributed by atoms with Crippen molar-refractivity contribution in [2.45, 2.75) is 19.8 Å². The van der Waals surface area contributed by atoms with Gasteiger partial charge in [-0.3, -0.25) is 0 Å². The number of hydrogen-bond donors (Lipinski definition) is 3. The number of anilines is 1. The number of hydrogen-bond acceptors (Lipinski definition) is 5. The molecule has 0 fully saturated rings. The van der Waals surface area contributed by atoms with Crippen molar-refractivity contribution in [2.24, 2.45) is 11.7 Å². The molecule has 0 aliphatic rings. The van der Waals surface area contributed by atoms with Crippen LogP contribution in [0.1, 0.15) is 19.8 Å². The Hall–Kier alpha value is -1.89. The zero-order chi connectivity index (χ0) is 13.0. The predicted molar refractivity (Wildman–Crippen MR) is 69.5 cm³/mol. The molecular formula is C11H18N6O. The molecule has 98 valence electrons. The first-order valence-electron chi connectivity index (χ1n) is 6.13. The van der Waals surface area contributed by atoms with Crippen LogP contribution in [-0.4, -0.2) is 32.9 Å². The number of aromatic amines is 1. The van der Waals surface area contributed by atoms with E-state index >= 15 is 0 Å². The molecule has 2 rings (SSSR count). The summed E-state index contributed by atoms with van der Waals surface area (Å²) in [6, 6.07) is 3.56. The predicted octanol–water partition coefficient (Wildman–Crippen LogP) is 0.205. The average Bonchev–Trinajstić information content (AvgIpc) is 2.76. The Labute approximate surface area is 104 Å². The van der Waals surface area contributed by atoms with Crippen molar-refractivity contribution in [1.29, 1.82) is 0 Å². The third kappa shape index (κ3) is 2.67. The minimum Gasteiger partial charge on any atom is -0.368 e. The maximum atomic E-state index is 11.4. The molecule has 2 aromatic heterocycles. The summed E-state index contributed by atoms with van der Waals surface area (Å²) >= 11 is 0. The van der Waals surface area contributed by atoms with Crippen LogP contribution in [0.15, 0.2) is 16.9 Å². The van der Waals surface area contributed by atoms with Crippen molar-refractivity contribution < 1.29 is 0 Å². The zero-order valence-corrected chi connectivity index (χ0v) is 10.4. The van der Waals surface area contributed by atoms with Crippen LogP contribution in [0.3, 0.4) is 0 Å². The van der Waals surface area contributed by atoms with Crippen molar-refractivity contribution in [2.75, 3.05) is 18.4 Å². The molecule has 0 saturated heterocycles. The Balaban J connectivity index is 2.07. The van der Waals surface area contributed by atoms with Crippen LogP contribution in [0, 0.1) is 5.92 Å². The fourth-order valence-corrected chi connectivity index (χ4v) is 1.83. The van der Waals surface area contributed by atoms with E-state index in [0.717, 1.165) is 19.4 Å². The maximum absolute atomic E-state index is 11.4. The number of nitrogens with zero attached hydrogens (tertiary/aromatic N) is 3. The van der Waals surface area contributed by atoms with Crippen LogP contribution < -0.4 is 16.7 Å². The highest BCUT2D eigenvalue weighted by Crippen LogP contribution is 2.09. The summed E-state index contributed by atoms with van der Waals surface area (Å²) in [5, 5.41) is 13.6. The summed E-state index contributed by atoms with van der Waals surface area (Å²) in [4.78, 5) is 11.4. The fourth-order valence-electron chi connectivity index (χ4n) is 1.83. The van der Waals surface area contributed by atoms with E-state index in [1.165, 1.54) is 4.52 Å². The lowest BCUT2D eigenvalue weighted by atomic mass is 10.0. The molecule has 7 nitrogen and oxygen atoms in total. The van der Waals surface area contributed by atoms with Gasteiger partial charge < -0.3 is 11.1 Å². The minimum atomic E-state index is -0.331. The number of aromatic nitrogens is 4. The highest BCUT2D eigenvalue weighted by atomic mass is 16.2. The first kappa shape index (κ1) is 12.6. The second-order valence-electron chi connectivity index (χ2n) is 4.25. The lowest BCUT2D eigenvalue weighted by molar-refractivity contribution is 0.500. The molecule has 0 spiro atoms. The van der Waals surface area contributed by atoms with Crippen LogP contribution in [0.5, 0.6) is 0 Å². The molecule has 4 N–H and O–H groups in total. The standard InChI is InChI=1S/C11H18N6O/c1-2-8(5-6-12)7-13-9-3-4-10-14-15-11(18)17(10)16-9/h3-4,8H,2,5-7,12H2,1H3,(H,13,16)(H,15,18). The molecule has 18 heavy (non-hydrogen) atoms. The molecule has 0 aliphatic heterocycles. The van der Waals surface area contributed by atoms with Crippen LogP contribution in [-0.2, 0) is 0 Å². The van der Waals surface area contributed by atoms with E-state index in [4.69, 9.17) is 5.73 Å². The minimum absolute atomic E-state index is 0.331. The number of H-pyrrole nitrogens is 1. The number of nitrogens with two attached hydrogens (primary N) is 1. The van der Waals surface area contributed by atoms with Crippen LogP contribution >= 0.6 is 0 Å². The second-order valence-corrected chi connectivity index (χ2v) is 4.25. The van der Waals surface area contributed by atoms with E-state index in [0.29, 0.717) is 23.9 Å². The van der Waals surface area contributed by atoms with Crippen molar-refractivity contribution in [1.82, 2.24) is 19.8 Å². The van der Waals surface area contributed by atoms with E-state index in [9.17, 15) is 4.79 Å². The summed E-state index contributed by atoms with van der Waals surface area (Å²) < 4.78 is 1.24. The van der Waals surface area contributed by atoms with Gasteiger partial charge in [-0.2, -0.15) is 9.61 Å². The van der Waals surface area contributed by atoms with Crippen LogP contribution in [0.4, 0.5) is 5.82 Å². The Morgan fingerprint density at radius 2 is 2.39 bits per heavy atom. The third-order valence-corrected chi connectivity index (χ3v) is 3.00. The van der Waals surface area contributed by atoms with Gasteiger partial charge >= 0.3 is 5.69 Å². The van der Waals surface area contributed by atoms with Gasteiger partial charge in [0.05, 0.1) is 0 Å². The molecule has 0 bridgehead atoms. The SMILES string of the molecule is CCC(CCN)CNc1ccc2n[nH]c(=O)n2n1. The van der Waals surface area contributed by atoms with Gasteiger partial charge in [-0.05, 0) is 31.0 Å². The van der Waals surface area contributed by atoms with Gasteiger partial charge in [0.15, 0.2) is 5.65 Å². The number of fused-ring (bicyclic) bond motifs is 1. The molecule has 0 radical (unpaired) electrons. The molecule has 7 heteroatoms. The Kier molecular flexibility index (Phi) is 3.93. The molecule has 0 amide bonds. The van der Waals surface area contributed by atoms with Crippen molar-refractivity contribution >= 4 is 11.5 Å². The molecule has 0 aliphatic carbocycles. The summed E-state index contributed by atoms with van der Waals surface area (Å²) in [5.41, 5.74) is 5.74. The highest BCUT2D eigenvalue weighted by Gasteiger charge is 2.06. The topological polar surface area (TPSA) is 101 Å².